The topological polar surface area (TPSA) is 61.8 Å². The van der Waals surface area contributed by atoms with Gasteiger partial charge in [0.15, 0.2) is 6.10 Å². The van der Waals surface area contributed by atoms with Gasteiger partial charge in [-0.05, 0) is 103 Å². The van der Waals surface area contributed by atoms with Crippen LogP contribution in [-0.4, -0.2) is 37.9 Å². The Bertz CT molecular complexity index is 1500. The molecule has 0 aliphatic carbocycles. The van der Waals surface area contributed by atoms with Crippen LogP contribution >= 0.6 is 0 Å². The fraction of sp³-hybridized carbons (Fsp3) is 0.642. The third-order valence-corrected chi connectivity index (χ3v) is 12.2. The Morgan fingerprint density at radius 1 is 0.319 bits per heavy atom. The number of hydrogen-bond acceptors (Lipinski definition) is 5. The summed E-state index contributed by atoms with van der Waals surface area (Å²) in [6.07, 6.45) is 87.8. The van der Waals surface area contributed by atoms with E-state index in [2.05, 4.69) is 148 Å². The van der Waals surface area contributed by atoms with Gasteiger partial charge in [0.2, 0.25) is 0 Å². The van der Waals surface area contributed by atoms with Gasteiger partial charge in [0, 0.05) is 19.4 Å². The van der Waals surface area contributed by atoms with E-state index in [9.17, 15) is 9.59 Å². The van der Waals surface area contributed by atoms with E-state index >= 15 is 0 Å². The summed E-state index contributed by atoms with van der Waals surface area (Å²) < 4.78 is 17.4. The van der Waals surface area contributed by atoms with Crippen LogP contribution in [0.3, 0.4) is 0 Å². The van der Waals surface area contributed by atoms with E-state index < -0.39 is 6.10 Å². The first-order chi connectivity index (χ1) is 35.6. The molecule has 1 unspecified atom stereocenters. The standard InChI is InChI=1S/C67H110O5/c1-4-7-10-13-16-19-22-25-28-31-34-36-39-42-45-48-51-54-57-60-66(68)71-64-65(63-70-62-59-56-53-50-47-44-41-38-33-30-27-24-21-18-15-12-9-6-3)72-67(69)61-58-55-52-49-46-43-40-37-35-32-29-26-23-20-17-14-11-8-5-2/h7-8,10-11,16-17,19-20,25-26,28-29,34-37,42-43,45-46,51,54,65H,4-6,9,12-15,18,21-24,27,30-33,38-41,44,47-50,52-53,55-64H2,1-3H3/b10-7-,11-8-,19-16-,20-17-,28-25-,29-26-,36-34-,37-35-,45-42-,46-43-,54-51-. The SMILES string of the molecule is CC/C=C\C/C=C\C/C=C\C/C=C\C/C=C\C/C=C\CCC(=O)OCC(COCCCCCCCCCCCCCCCCCCCC)OC(=O)CCCCC/C=C\C/C=C\C/C=C\C/C=C\C/C=C\CC. The molecule has 0 aromatic heterocycles. The molecule has 0 fully saturated rings. The van der Waals surface area contributed by atoms with Gasteiger partial charge in [-0.15, -0.1) is 0 Å². The molecule has 72 heavy (non-hydrogen) atoms. The molecule has 0 aromatic rings. The second-order valence-electron chi connectivity index (χ2n) is 19.1. The van der Waals surface area contributed by atoms with Gasteiger partial charge in [-0.2, -0.15) is 0 Å². The van der Waals surface area contributed by atoms with Crippen LogP contribution < -0.4 is 0 Å². The van der Waals surface area contributed by atoms with Crippen molar-refractivity contribution in [3.05, 3.63) is 134 Å². The Kier molecular flexibility index (Phi) is 58.0. The summed E-state index contributed by atoms with van der Waals surface area (Å²) in [5.74, 6) is -0.533. The number of carbonyl (C=O) groups excluding carboxylic acids is 2. The predicted molar refractivity (Wildman–Crippen MR) is 315 cm³/mol. The van der Waals surface area contributed by atoms with E-state index in [1.165, 1.54) is 103 Å². The fourth-order valence-electron chi connectivity index (χ4n) is 7.86. The first kappa shape index (κ1) is 68.0. The average molecular weight is 996 g/mol. The monoisotopic (exact) mass is 995 g/mol. The van der Waals surface area contributed by atoms with Gasteiger partial charge < -0.3 is 14.2 Å². The molecule has 0 aromatic carbocycles. The summed E-state index contributed by atoms with van der Waals surface area (Å²) >= 11 is 0. The van der Waals surface area contributed by atoms with Crippen molar-refractivity contribution in [1.82, 2.24) is 0 Å². The number of unbranched alkanes of at least 4 members (excludes halogenated alkanes) is 20. The summed E-state index contributed by atoms with van der Waals surface area (Å²) in [6.45, 7) is 7.50. The minimum absolute atomic E-state index is 0.0253. The summed E-state index contributed by atoms with van der Waals surface area (Å²) in [6, 6.07) is 0. The van der Waals surface area contributed by atoms with Gasteiger partial charge in [-0.1, -0.05) is 270 Å². The normalized spacial score (nSPS) is 13.2. The third-order valence-electron chi connectivity index (χ3n) is 12.2. The highest BCUT2D eigenvalue weighted by molar-refractivity contribution is 5.70. The molecule has 0 amide bonds. The molecule has 0 saturated carbocycles. The van der Waals surface area contributed by atoms with Crippen molar-refractivity contribution < 1.29 is 23.8 Å². The van der Waals surface area contributed by atoms with Crippen LogP contribution in [0.4, 0.5) is 0 Å². The lowest BCUT2D eigenvalue weighted by molar-refractivity contribution is -0.162. The second-order valence-corrected chi connectivity index (χ2v) is 19.1. The molecule has 0 radical (unpaired) electrons. The molecule has 0 heterocycles. The Hall–Kier alpha value is -3.96. The Morgan fingerprint density at radius 2 is 0.653 bits per heavy atom. The highest BCUT2D eigenvalue weighted by Gasteiger charge is 2.17. The Balaban J connectivity index is 4.47. The van der Waals surface area contributed by atoms with E-state index in [0.29, 0.717) is 25.9 Å². The molecule has 408 valence electrons. The van der Waals surface area contributed by atoms with Gasteiger partial charge >= 0.3 is 11.9 Å². The van der Waals surface area contributed by atoms with Gasteiger partial charge in [-0.25, -0.2) is 0 Å². The van der Waals surface area contributed by atoms with Gasteiger partial charge in [0.25, 0.3) is 0 Å². The highest BCUT2D eigenvalue weighted by atomic mass is 16.6. The zero-order valence-electron chi connectivity index (χ0n) is 46.9. The Morgan fingerprint density at radius 3 is 1.04 bits per heavy atom. The summed E-state index contributed by atoms with van der Waals surface area (Å²) in [4.78, 5) is 25.5. The molecule has 1 atom stereocenters. The predicted octanol–water partition coefficient (Wildman–Crippen LogP) is 20.7. The van der Waals surface area contributed by atoms with Crippen LogP contribution in [0.25, 0.3) is 0 Å². The Labute approximate surface area is 445 Å². The molecule has 0 bridgehead atoms. The van der Waals surface area contributed by atoms with Crippen molar-refractivity contribution >= 4 is 11.9 Å². The highest BCUT2D eigenvalue weighted by Crippen LogP contribution is 2.15. The van der Waals surface area contributed by atoms with Crippen LogP contribution in [0.5, 0.6) is 0 Å². The van der Waals surface area contributed by atoms with Crippen molar-refractivity contribution in [3.8, 4) is 0 Å². The molecule has 0 saturated heterocycles. The van der Waals surface area contributed by atoms with Crippen LogP contribution in [0.2, 0.25) is 0 Å². The summed E-state index contributed by atoms with van der Waals surface area (Å²) in [5.41, 5.74) is 0. The van der Waals surface area contributed by atoms with Gasteiger partial charge in [-0.3, -0.25) is 9.59 Å². The van der Waals surface area contributed by atoms with Crippen molar-refractivity contribution in [2.45, 2.75) is 258 Å². The van der Waals surface area contributed by atoms with E-state index in [4.69, 9.17) is 14.2 Å². The van der Waals surface area contributed by atoms with E-state index in [-0.39, 0.29) is 25.2 Å². The summed E-state index contributed by atoms with van der Waals surface area (Å²) in [7, 11) is 0. The maximum absolute atomic E-state index is 12.9. The maximum Gasteiger partial charge on any atom is 0.306 e. The first-order valence-corrected chi connectivity index (χ1v) is 29.7. The van der Waals surface area contributed by atoms with E-state index in [1.54, 1.807) is 0 Å². The first-order valence-electron chi connectivity index (χ1n) is 29.7. The molecule has 0 rings (SSSR count). The van der Waals surface area contributed by atoms with Crippen molar-refractivity contribution in [3.63, 3.8) is 0 Å². The lowest BCUT2D eigenvalue weighted by Gasteiger charge is -2.18. The smallest absolute Gasteiger partial charge is 0.306 e. The largest absolute Gasteiger partial charge is 0.462 e. The number of hydrogen-bond donors (Lipinski definition) is 0. The van der Waals surface area contributed by atoms with E-state index in [0.717, 1.165) is 109 Å². The minimum atomic E-state index is -0.593. The zero-order chi connectivity index (χ0) is 52.0. The quantitative estimate of drug-likeness (QED) is 0.0345. The molecule has 0 spiro atoms. The zero-order valence-corrected chi connectivity index (χ0v) is 46.9. The molecule has 0 aliphatic heterocycles. The van der Waals surface area contributed by atoms with Crippen molar-refractivity contribution in [2.24, 2.45) is 0 Å². The number of ether oxygens (including phenoxy) is 3. The average Bonchev–Trinajstić information content (AvgIpc) is 3.38. The lowest BCUT2D eigenvalue weighted by Crippen LogP contribution is -2.30. The molecule has 5 nitrogen and oxygen atoms in total. The molecular weight excluding hydrogens is 885 g/mol. The number of esters is 2. The molecule has 0 N–H and O–H groups in total. The van der Waals surface area contributed by atoms with Crippen LogP contribution in [-0.2, 0) is 23.8 Å². The van der Waals surface area contributed by atoms with Crippen molar-refractivity contribution in [1.29, 1.82) is 0 Å². The number of allylic oxidation sites excluding steroid dienone is 22. The number of carbonyl (C=O) groups is 2. The summed E-state index contributed by atoms with van der Waals surface area (Å²) in [5, 5.41) is 0. The molecule has 5 heteroatoms. The van der Waals surface area contributed by atoms with Crippen molar-refractivity contribution in [2.75, 3.05) is 19.8 Å². The minimum Gasteiger partial charge on any atom is -0.462 e. The maximum atomic E-state index is 12.9. The second kappa shape index (κ2) is 61.3. The van der Waals surface area contributed by atoms with Crippen LogP contribution in [0, 0.1) is 0 Å². The van der Waals surface area contributed by atoms with Gasteiger partial charge in [0.05, 0.1) is 6.61 Å². The fourth-order valence-corrected chi connectivity index (χ4v) is 7.86. The molecule has 0 aliphatic rings. The van der Waals surface area contributed by atoms with E-state index in [1.807, 2.05) is 6.08 Å². The lowest BCUT2D eigenvalue weighted by atomic mass is 10.0. The van der Waals surface area contributed by atoms with Crippen LogP contribution in [0.1, 0.15) is 252 Å². The number of rotatable bonds is 53. The third kappa shape index (κ3) is 58.6. The van der Waals surface area contributed by atoms with Crippen LogP contribution in [0.15, 0.2) is 134 Å². The van der Waals surface area contributed by atoms with Gasteiger partial charge in [0.1, 0.15) is 6.61 Å². The molecular formula is C67H110O5.